The molecule has 0 unspecified atom stereocenters. The van der Waals surface area contributed by atoms with Crippen LogP contribution in [-0.4, -0.2) is 20.7 Å². The van der Waals surface area contributed by atoms with Gasteiger partial charge in [0.05, 0.1) is 6.54 Å². The molecule has 58 valence electrons. The first-order chi connectivity index (χ1) is 5.27. The van der Waals surface area contributed by atoms with Gasteiger partial charge in [-0.3, -0.25) is 4.79 Å². The van der Waals surface area contributed by atoms with Crippen LogP contribution in [0.25, 0.3) is 0 Å². The SMILES string of the molecule is Cc1nnc2n1CC(=O)NC2. The second-order valence-corrected chi connectivity index (χ2v) is 2.53. The molecule has 0 atom stereocenters. The lowest BCUT2D eigenvalue weighted by Gasteiger charge is -2.13. The molecule has 5 heteroatoms. The number of aromatic nitrogens is 3. The number of nitrogens with one attached hydrogen (secondary N) is 1. The Morgan fingerprint density at radius 1 is 1.55 bits per heavy atom. The number of fused-ring (bicyclic) bond motifs is 1. The molecule has 0 aliphatic carbocycles. The predicted molar refractivity (Wildman–Crippen MR) is 36.6 cm³/mol. The molecule has 1 amide bonds. The van der Waals surface area contributed by atoms with Crippen LogP contribution in [0.4, 0.5) is 0 Å². The molecule has 0 aromatic carbocycles. The van der Waals surface area contributed by atoms with Gasteiger partial charge >= 0.3 is 0 Å². The number of aryl methyl sites for hydroxylation is 1. The molecule has 0 radical (unpaired) electrons. The van der Waals surface area contributed by atoms with Crippen LogP contribution in [0.3, 0.4) is 0 Å². The van der Waals surface area contributed by atoms with Gasteiger partial charge in [0, 0.05) is 0 Å². The molecule has 2 heterocycles. The lowest BCUT2D eigenvalue weighted by Crippen LogP contribution is -2.34. The lowest BCUT2D eigenvalue weighted by molar-refractivity contribution is -0.122. The third-order valence-electron chi connectivity index (χ3n) is 1.76. The standard InChI is InChI=1S/C6H8N4O/c1-4-8-9-5-2-7-6(11)3-10(4)5/h2-3H2,1H3,(H,7,11). The van der Waals surface area contributed by atoms with E-state index in [0.29, 0.717) is 13.1 Å². The van der Waals surface area contributed by atoms with E-state index in [1.165, 1.54) is 0 Å². The summed E-state index contributed by atoms with van der Waals surface area (Å²) >= 11 is 0. The van der Waals surface area contributed by atoms with E-state index in [1.807, 2.05) is 11.5 Å². The first-order valence-electron chi connectivity index (χ1n) is 3.43. The van der Waals surface area contributed by atoms with E-state index < -0.39 is 0 Å². The van der Waals surface area contributed by atoms with Crippen molar-refractivity contribution in [2.75, 3.05) is 0 Å². The summed E-state index contributed by atoms with van der Waals surface area (Å²) in [4.78, 5) is 10.9. The molecular weight excluding hydrogens is 144 g/mol. The number of carbonyl (C=O) groups is 1. The Morgan fingerprint density at radius 3 is 3.18 bits per heavy atom. The van der Waals surface area contributed by atoms with E-state index in [4.69, 9.17) is 0 Å². The molecular formula is C6H8N4O. The van der Waals surface area contributed by atoms with Gasteiger partial charge < -0.3 is 9.88 Å². The maximum atomic E-state index is 10.9. The molecule has 1 aromatic rings. The fourth-order valence-corrected chi connectivity index (χ4v) is 1.14. The van der Waals surface area contributed by atoms with Gasteiger partial charge in [0.15, 0.2) is 5.82 Å². The smallest absolute Gasteiger partial charge is 0.240 e. The van der Waals surface area contributed by atoms with Crippen LogP contribution in [0.2, 0.25) is 0 Å². The van der Waals surface area contributed by atoms with Gasteiger partial charge in [-0.05, 0) is 6.92 Å². The van der Waals surface area contributed by atoms with Crippen LogP contribution < -0.4 is 5.32 Å². The Kier molecular flexibility index (Phi) is 1.18. The number of hydrogen-bond donors (Lipinski definition) is 1. The van der Waals surface area contributed by atoms with Crippen molar-refractivity contribution in [2.45, 2.75) is 20.0 Å². The Labute approximate surface area is 63.4 Å². The summed E-state index contributed by atoms with van der Waals surface area (Å²) in [6.07, 6.45) is 0. The monoisotopic (exact) mass is 152 g/mol. The highest BCUT2D eigenvalue weighted by molar-refractivity contribution is 5.76. The highest BCUT2D eigenvalue weighted by Crippen LogP contribution is 2.04. The molecule has 0 spiro atoms. The summed E-state index contributed by atoms with van der Waals surface area (Å²) in [6, 6.07) is 0. The number of rotatable bonds is 0. The summed E-state index contributed by atoms with van der Waals surface area (Å²) < 4.78 is 1.82. The van der Waals surface area contributed by atoms with Gasteiger partial charge in [-0.1, -0.05) is 0 Å². The van der Waals surface area contributed by atoms with E-state index in [1.54, 1.807) is 0 Å². The normalized spacial score (nSPS) is 15.9. The van der Waals surface area contributed by atoms with E-state index >= 15 is 0 Å². The molecule has 1 N–H and O–H groups in total. The number of carbonyl (C=O) groups excluding carboxylic acids is 1. The second kappa shape index (κ2) is 2.05. The fraction of sp³-hybridized carbons (Fsp3) is 0.500. The number of amides is 1. The van der Waals surface area contributed by atoms with Crippen LogP contribution in [0.5, 0.6) is 0 Å². The van der Waals surface area contributed by atoms with Gasteiger partial charge in [-0.25, -0.2) is 0 Å². The van der Waals surface area contributed by atoms with Crippen molar-refractivity contribution >= 4 is 5.91 Å². The maximum absolute atomic E-state index is 10.9. The molecule has 0 saturated heterocycles. The van der Waals surface area contributed by atoms with Crippen molar-refractivity contribution in [2.24, 2.45) is 0 Å². The quantitative estimate of drug-likeness (QED) is 0.530. The van der Waals surface area contributed by atoms with E-state index in [-0.39, 0.29) is 5.91 Å². The first kappa shape index (κ1) is 6.33. The zero-order chi connectivity index (χ0) is 7.84. The van der Waals surface area contributed by atoms with Gasteiger partial charge in [0.1, 0.15) is 12.4 Å². The molecule has 11 heavy (non-hydrogen) atoms. The molecule has 0 fully saturated rings. The summed E-state index contributed by atoms with van der Waals surface area (Å²) in [5.41, 5.74) is 0. The largest absolute Gasteiger partial charge is 0.347 e. The molecule has 0 bridgehead atoms. The topological polar surface area (TPSA) is 59.8 Å². The van der Waals surface area contributed by atoms with Crippen molar-refractivity contribution in [3.63, 3.8) is 0 Å². The lowest BCUT2D eigenvalue weighted by atomic mass is 10.4. The van der Waals surface area contributed by atoms with Crippen molar-refractivity contribution in [3.05, 3.63) is 11.6 Å². The van der Waals surface area contributed by atoms with Crippen LogP contribution in [0.1, 0.15) is 11.6 Å². The Balaban J connectivity index is 2.45. The van der Waals surface area contributed by atoms with Crippen LogP contribution in [0.15, 0.2) is 0 Å². The average Bonchev–Trinajstić information content (AvgIpc) is 2.33. The molecule has 5 nitrogen and oxygen atoms in total. The minimum atomic E-state index is 0.0281. The molecule has 1 aromatic heterocycles. The maximum Gasteiger partial charge on any atom is 0.240 e. The minimum Gasteiger partial charge on any atom is -0.347 e. The van der Waals surface area contributed by atoms with Crippen molar-refractivity contribution in [1.29, 1.82) is 0 Å². The van der Waals surface area contributed by atoms with E-state index in [2.05, 4.69) is 15.5 Å². The summed E-state index contributed by atoms with van der Waals surface area (Å²) in [5.74, 6) is 1.66. The zero-order valence-electron chi connectivity index (χ0n) is 6.16. The highest BCUT2D eigenvalue weighted by atomic mass is 16.2. The Morgan fingerprint density at radius 2 is 2.36 bits per heavy atom. The highest BCUT2D eigenvalue weighted by Gasteiger charge is 2.17. The Bertz CT molecular complexity index is 304. The third kappa shape index (κ3) is 0.886. The van der Waals surface area contributed by atoms with Crippen molar-refractivity contribution in [1.82, 2.24) is 20.1 Å². The summed E-state index contributed by atoms with van der Waals surface area (Å²) in [7, 11) is 0. The van der Waals surface area contributed by atoms with E-state index in [0.717, 1.165) is 11.6 Å². The van der Waals surface area contributed by atoms with Crippen molar-refractivity contribution < 1.29 is 4.79 Å². The van der Waals surface area contributed by atoms with Gasteiger partial charge in [-0.2, -0.15) is 0 Å². The Hall–Kier alpha value is -1.39. The fourth-order valence-electron chi connectivity index (χ4n) is 1.14. The van der Waals surface area contributed by atoms with Crippen LogP contribution in [-0.2, 0) is 17.9 Å². The predicted octanol–water partition coefficient (Wildman–Crippen LogP) is -0.784. The molecule has 0 saturated carbocycles. The number of nitrogens with zero attached hydrogens (tertiary/aromatic N) is 3. The summed E-state index contributed by atoms with van der Waals surface area (Å²) in [5, 5.41) is 10.4. The van der Waals surface area contributed by atoms with Crippen LogP contribution in [0, 0.1) is 6.92 Å². The summed E-state index contributed by atoms with van der Waals surface area (Å²) in [6.45, 7) is 2.70. The second-order valence-electron chi connectivity index (χ2n) is 2.53. The first-order valence-corrected chi connectivity index (χ1v) is 3.43. The minimum absolute atomic E-state index is 0.0281. The van der Waals surface area contributed by atoms with Gasteiger partial charge in [0.2, 0.25) is 5.91 Å². The molecule has 2 rings (SSSR count). The zero-order valence-corrected chi connectivity index (χ0v) is 6.16. The number of hydrogen-bond acceptors (Lipinski definition) is 3. The average molecular weight is 152 g/mol. The van der Waals surface area contributed by atoms with Gasteiger partial charge in [0.25, 0.3) is 0 Å². The molecule has 1 aliphatic heterocycles. The van der Waals surface area contributed by atoms with Crippen molar-refractivity contribution in [3.8, 4) is 0 Å². The molecule has 1 aliphatic rings. The van der Waals surface area contributed by atoms with Gasteiger partial charge in [-0.15, -0.1) is 10.2 Å². The van der Waals surface area contributed by atoms with E-state index in [9.17, 15) is 4.79 Å². The van der Waals surface area contributed by atoms with Crippen LogP contribution >= 0.6 is 0 Å². The third-order valence-corrected chi connectivity index (χ3v) is 1.76.